The number of halogens is 2. The predicted molar refractivity (Wildman–Crippen MR) is 76.6 cm³/mol. The quantitative estimate of drug-likeness (QED) is 0.833. The fourth-order valence-corrected chi connectivity index (χ4v) is 3.05. The van der Waals surface area contributed by atoms with Crippen LogP contribution in [-0.2, 0) is 0 Å². The van der Waals surface area contributed by atoms with E-state index >= 15 is 0 Å². The van der Waals surface area contributed by atoms with Gasteiger partial charge in [0.1, 0.15) is 0 Å². The summed E-state index contributed by atoms with van der Waals surface area (Å²) in [7, 11) is 0. The summed E-state index contributed by atoms with van der Waals surface area (Å²) in [6, 6.07) is 2.00. The summed E-state index contributed by atoms with van der Waals surface area (Å²) in [5, 5.41) is 3.61. The molecule has 0 unspecified atom stereocenters. The van der Waals surface area contributed by atoms with Gasteiger partial charge in [0.25, 0.3) is 0 Å². The van der Waals surface area contributed by atoms with Gasteiger partial charge in [-0.2, -0.15) is 0 Å². The highest BCUT2D eigenvalue weighted by Crippen LogP contribution is 2.36. The van der Waals surface area contributed by atoms with E-state index in [2.05, 4.69) is 33.2 Å². The zero-order valence-corrected chi connectivity index (χ0v) is 12.4. The molecule has 1 aliphatic rings. The molecule has 1 fully saturated rings. The van der Waals surface area contributed by atoms with Crippen LogP contribution < -0.4 is 5.32 Å². The van der Waals surface area contributed by atoms with Gasteiger partial charge in [0, 0.05) is 18.3 Å². The molecule has 1 aromatic heterocycles. The second kappa shape index (κ2) is 5.57. The molecular weight excluding hydrogens is 300 g/mol. The van der Waals surface area contributed by atoms with E-state index in [1.165, 1.54) is 12.8 Å². The largest absolute Gasteiger partial charge is 0.377 e. The van der Waals surface area contributed by atoms with Crippen molar-refractivity contribution in [2.24, 2.45) is 5.92 Å². The van der Waals surface area contributed by atoms with Gasteiger partial charge in [0.2, 0.25) is 0 Å². The molecule has 1 aliphatic carbocycles. The second-order valence-corrected chi connectivity index (χ2v) is 6.20. The number of nitrogens with zero attached hydrogens (tertiary/aromatic N) is 1. The first-order valence-corrected chi connectivity index (χ1v) is 7.42. The number of aromatic nitrogens is 1. The Morgan fingerprint density at radius 1 is 1.53 bits per heavy atom. The number of alkyl halides is 1. The lowest BCUT2D eigenvalue weighted by molar-refractivity contribution is 0.287. The molecule has 17 heavy (non-hydrogen) atoms. The van der Waals surface area contributed by atoms with Crippen molar-refractivity contribution in [1.29, 1.82) is 0 Å². The van der Waals surface area contributed by atoms with E-state index in [4.69, 9.17) is 11.6 Å². The van der Waals surface area contributed by atoms with Gasteiger partial charge < -0.3 is 5.32 Å². The van der Waals surface area contributed by atoms with Gasteiger partial charge in [-0.3, -0.25) is 4.98 Å². The van der Waals surface area contributed by atoms with Gasteiger partial charge in [0.15, 0.2) is 0 Å². The van der Waals surface area contributed by atoms with Crippen molar-refractivity contribution in [2.45, 2.75) is 38.1 Å². The summed E-state index contributed by atoms with van der Waals surface area (Å²) < 4.78 is 1.00. The minimum atomic E-state index is 0.0535. The molecule has 0 aromatic carbocycles. The van der Waals surface area contributed by atoms with Crippen LogP contribution in [0.25, 0.3) is 0 Å². The van der Waals surface area contributed by atoms with Gasteiger partial charge in [-0.05, 0) is 53.6 Å². The molecule has 2 rings (SSSR count). The van der Waals surface area contributed by atoms with E-state index in [0.717, 1.165) is 28.9 Å². The molecule has 0 aliphatic heterocycles. The Labute approximate surface area is 116 Å². The van der Waals surface area contributed by atoms with E-state index in [-0.39, 0.29) is 5.54 Å². The number of rotatable bonds is 3. The Hall–Kier alpha value is -0.280. The maximum absolute atomic E-state index is 6.19. The molecule has 1 N–H and O–H groups in total. The minimum Gasteiger partial charge on any atom is -0.377 e. The molecule has 0 atom stereocenters. The maximum Gasteiger partial charge on any atom is 0.0590 e. The minimum absolute atomic E-state index is 0.0535. The van der Waals surface area contributed by atoms with E-state index in [1.54, 1.807) is 6.20 Å². The maximum atomic E-state index is 6.19. The molecule has 1 aromatic rings. The lowest BCUT2D eigenvalue weighted by atomic mass is 9.78. The Balaban J connectivity index is 2.12. The molecule has 0 amide bonds. The third-order valence-electron chi connectivity index (χ3n) is 3.66. The van der Waals surface area contributed by atoms with Crippen LogP contribution >= 0.6 is 27.5 Å². The molecule has 0 saturated heterocycles. The van der Waals surface area contributed by atoms with Gasteiger partial charge >= 0.3 is 0 Å². The Bertz CT molecular complexity index is 375. The number of hydrogen-bond donors (Lipinski definition) is 1. The number of pyridine rings is 1. The monoisotopic (exact) mass is 316 g/mol. The van der Waals surface area contributed by atoms with Crippen LogP contribution in [0.4, 0.5) is 5.69 Å². The van der Waals surface area contributed by atoms with Crippen LogP contribution in [-0.4, -0.2) is 16.4 Å². The SMILES string of the molecule is CC1CCC(CCl)(Nc2ccncc2Br)CC1. The Kier molecular flexibility index (Phi) is 4.31. The van der Waals surface area contributed by atoms with Crippen molar-refractivity contribution in [2.75, 3.05) is 11.2 Å². The third-order valence-corrected chi connectivity index (χ3v) is 4.80. The Morgan fingerprint density at radius 3 is 2.82 bits per heavy atom. The van der Waals surface area contributed by atoms with E-state index in [0.29, 0.717) is 5.88 Å². The van der Waals surface area contributed by atoms with Gasteiger partial charge in [-0.1, -0.05) is 6.92 Å². The molecule has 4 heteroatoms. The fraction of sp³-hybridized carbons (Fsp3) is 0.615. The highest BCUT2D eigenvalue weighted by molar-refractivity contribution is 9.10. The standard InChI is InChI=1S/C13H18BrClN2/c1-10-2-5-13(9-15,6-3-10)17-12-4-7-16-8-11(12)14/h4,7-8,10H,2-3,5-6,9H2,1H3,(H,16,17). The van der Waals surface area contributed by atoms with Crippen LogP contribution in [0.15, 0.2) is 22.9 Å². The van der Waals surface area contributed by atoms with Crippen LogP contribution in [0, 0.1) is 5.92 Å². The van der Waals surface area contributed by atoms with Gasteiger partial charge in [0.05, 0.1) is 15.7 Å². The number of hydrogen-bond acceptors (Lipinski definition) is 2. The van der Waals surface area contributed by atoms with Crippen LogP contribution in [0.2, 0.25) is 0 Å². The van der Waals surface area contributed by atoms with Crippen molar-refractivity contribution in [1.82, 2.24) is 4.98 Å². The molecular formula is C13H18BrClN2. The van der Waals surface area contributed by atoms with Gasteiger partial charge in [-0.15, -0.1) is 11.6 Å². The first-order valence-electron chi connectivity index (χ1n) is 6.09. The van der Waals surface area contributed by atoms with E-state index in [9.17, 15) is 0 Å². The summed E-state index contributed by atoms with van der Waals surface area (Å²) in [5.41, 5.74) is 1.15. The molecule has 0 spiro atoms. The fourth-order valence-electron chi connectivity index (χ4n) is 2.37. The molecule has 0 bridgehead atoms. The second-order valence-electron chi connectivity index (χ2n) is 5.08. The highest BCUT2D eigenvalue weighted by Gasteiger charge is 2.33. The van der Waals surface area contributed by atoms with Crippen molar-refractivity contribution in [3.8, 4) is 0 Å². The number of anilines is 1. The molecule has 1 heterocycles. The summed E-state index contributed by atoms with van der Waals surface area (Å²) >= 11 is 9.71. The van der Waals surface area contributed by atoms with Crippen molar-refractivity contribution in [3.05, 3.63) is 22.9 Å². The predicted octanol–water partition coefficient (Wildman–Crippen LogP) is 4.44. The Morgan fingerprint density at radius 2 is 2.24 bits per heavy atom. The van der Waals surface area contributed by atoms with Gasteiger partial charge in [-0.25, -0.2) is 0 Å². The normalized spacial score (nSPS) is 29.0. The van der Waals surface area contributed by atoms with Crippen LogP contribution in [0.5, 0.6) is 0 Å². The molecule has 1 saturated carbocycles. The lowest BCUT2D eigenvalue weighted by Crippen LogP contribution is -2.43. The van der Waals surface area contributed by atoms with Crippen LogP contribution in [0.3, 0.4) is 0 Å². The van der Waals surface area contributed by atoms with E-state index in [1.807, 2.05) is 12.3 Å². The summed E-state index contributed by atoms with van der Waals surface area (Å²) in [6.45, 7) is 2.32. The smallest absolute Gasteiger partial charge is 0.0590 e. The van der Waals surface area contributed by atoms with Crippen molar-refractivity contribution >= 4 is 33.2 Å². The first kappa shape index (κ1) is 13.2. The molecule has 0 radical (unpaired) electrons. The zero-order valence-electron chi connectivity index (χ0n) is 10.0. The topological polar surface area (TPSA) is 24.9 Å². The highest BCUT2D eigenvalue weighted by atomic mass is 79.9. The van der Waals surface area contributed by atoms with E-state index < -0.39 is 0 Å². The lowest BCUT2D eigenvalue weighted by Gasteiger charge is -2.39. The molecule has 2 nitrogen and oxygen atoms in total. The summed E-state index contributed by atoms with van der Waals surface area (Å²) in [6.07, 6.45) is 8.42. The molecule has 94 valence electrons. The van der Waals surface area contributed by atoms with Crippen LogP contribution in [0.1, 0.15) is 32.6 Å². The van der Waals surface area contributed by atoms with Crippen molar-refractivity contribution < 1.29 is 0 Å². The average molecular weight is 318 g/mol. The third kappa shape index (κ3) is 3.14. The average Bonchev–Trinajstić information content (AvgIpc) is 2.35. The summed E-state index contributed by atoms with van der Waals surface area (Å²) in [5.74, 6) is 1.49. The number of nitrogens with one attached hydrogen (secondary N) is 1. The first-order chi connectivity index (χ1) is 8.15. The van der Waals surface area contributed by atoms with Crippen molar-refractivity contribution in [3.63, 3.8) is 0 Å². The zero-order chi connectivity index (χ0) is 12.3. The summed E-state index contributed by atoms with van der Waals surface area (Å²) in [4.78, 5) is 4.08.